The number of amides is 1. The van der Waals surface area contributed by atoms with E-state index in [0.29, 0.717) is 11.6 Å². The Labute approximate surface area is 124 Å². The van der Waals surface area contributed by atoms with Crippen LogP contribution < -0.4 is 16.0 Å². The van der Waals surface area contributed by atoms with E-state index in [4.69, 9.17) is 5.73 Å². The number of aromatic nitrogens is 1. The largest absolute Gasteiger partial charge is 0.369 e. The second-order valence-electron chi connectivity index (χ2n) is 5.41. The summed E-state index contributed by atoms with van der Waals surface area (Å²) in [6, 6.07) is 10.1. The second kappa shape index (κ2) is 6.01. The molecule has 21 heavy (non-hydrogen) atoms. The Morgan fingerprint density at radius 3 is 3.00 bits per heavy atom. The summed E-state index contributed by atoms with van der Waals surface area (Å²) in [4.78, 5) is 16.8. The van der Waals surface area contributed by atoms with Crippen molar-refractivity contribution in [2.75, 3.05) is 18.0 Å². The summed E-state index contributed by atoms with van der Waals surface area (Å²) in [5.41, 5.74) is 8.25. The van der Waals surface area contributed by atoms with Crippen LogP contribution in [-0.4, -0.2) is 30.0 Å². The first-order chi connectivity index (χ1) is 10.2. The van der Waals surface area contributed by atoms with Gasteiger partial charge < -0.3 is 20.9 Å². The van der Waals surface area contributed by atoms with E-state index in [9.17, 15) is 4.79 Å². The molecule has 1 atom stereocenters. The highest BCUT2D eigenvalue weighted by atomic mass is 16.1. The number of para-hydroxylation sites is 1. The van der Waals surface area contributed by atoms with Crippen LogP contribution in [0.25, 0.3) is 0 Å². The normalized spacial score (nSPS) is 18.1. The number of carbonyl (C=O) groups excluding carboxylic acids is 1. The lowest BCUT2D eigenvalue weighted by atomic mass is 10.1. The number of anilines is 1. The first-order valence-electron chi connectivity index (χ1n) is 7.23. The van der Waals surface area contributed by atoms with Gasteiger partial charge in [-0.3, -0.25) is 4.79 Å². The van der Waals surface area contributed by atoms with Gasteiger partial charge in [0.1, 0.15) is 0 Å². The molecule has 110 valence electrons. The topological polar surface area (TPSA) is 74.2 Å². The molecule has 1 saturated heterocycles. The van der Waals surface area contributed by atoms with Crippen LogP contribution >= 0.6 is 0 Å². The van der Waals surface area contributed by atoms with Gasteiger partial charge in [0, 0.05) is 43.8 Å². The molecule has 0 radical (unpaired) electrons. The van der Waals surface area contributed by atoms with Gasteiger partial charge in [0.05, 0.1) is 5.56 Å². The minimum absolute atomic E-state index is 0.366. The zero-order valence-electron chi connectivity index (χ0n) is 11.9. The number of carbonyl (C=O) groups is 1. The number of H-pyrrole nitrogens is 1. The fraction of sp³-hybridized carbons (Fsp3) is 0.312. The van der Waals surface area contributed by atoms with Crippen LogP contribution in [0.3, 0.4) is 0 Å². The lowest BCUT2D eigenvalue weighted by Crippen LogP contribution is -2.32. The Hall–Kier alpha value is -2.27. The number of nitrogens with zero attached hydrogens (tertiary/aromatic N) is 1. The van der Waals surface area contributed by atoms with Crippen molar-refractivity contribution in [1.82, 2.24) is 10.3 Å². The molecular weight excluding hydrogens is 264 g/mol. The number of hydrogen-bond acceptors (Lipinski definition) is 3. The Kier molecular flexibility index (Phi) is 3.92. The van der Waals surface area contributed by atoms with Gasteiger partial charge in [0.15, 0.2) is 0 Å². The van der Waals surface area contributed by atoms with E-state index in [0.717, 1.165) is 31.7 Å². The van der Waals surface area contributed by atoms with E-state index < -0.39 is 0 Å². The summed E-state index contributed by atoms with van der Waals surface area (Å²) >= 11 is 0. The van der Waals surface area contributed by atoms with Crippen molar-refractivity contribution >= 4 is 11.6 Å². The number of aromatic amines is 1. The minimum Gasteiger partial charge on any atom is -0.369 e. The summed E-state index contributed by atoms with van der Waals surface area (Å²) in [6.45, 7) is 2.70. The summed E-state index contributed by atoms with van der Waals surface area (Å²) < 4.78 is 0. The smallest absolute Gasteiger partial charge is 0.250 e. The first kappa shape index (κ1) is 13.7. The molecule has 1 aromatic heterocycles. The fourth-order valence-electron chi connectivity index (χ4n) is 2.83. The number of benzene rings is 1. The molecule has 4 N–H and O–H groups in total. The molecule has 1 aromatic carbocycles. The second-order valence-corrected chi connectivity index (χ2v) is 5.41. The van der Waals surface area contributed by atoms with Crippen molar-refractivity contribution in [3.05, 3.63) is 53.9 Å². The summed E-state index contributed by atoms with van der Waals surface area (Å²) in [6.07, 6.45) is 5.00. The summed E-state index contributed by atoms with van der Waals surface area (Å²) in [5, 5.41) is 3.55. The molecular formula is C16H20N4O. The predicted molar refractivity (Wildman–Crippen MR) is 83.2 cm³/mol. The average molecular weight is 284 g/mol. The predicted octanol–water partition coefficient (Wildman–Crippen LogP) is 1.48. The van der Waals surface area contributed by atoms with Crippen LogP contribution in [0.4, 0.5) is 5.69 Å². The number of nitrogens with one attached hydrogen (secondary N) is 2. The van der Waals surface area contributed by atoms with E-state index in [2.05, 4.69) is 21.3 Å². The van der Waals surface area contributed by atoms with E-state index in [1.54, 1.807) is 6.07 Å². The van der Waals surface area contributed by atoms with Gasteiger partial charge in [-0.25, -0.2) is 0 Å². The molecule has 1 fully saturated rings. The van der Waals surface area contributed by atoms with Crippen molar-refractivity contribution < 1.29 is 4.79 Å². The molecule has 3 rings (SSSR count). The quantitative estimate of drug-likeness (QED) is 0.778. The van der Waals surface area contributed by atoms with Crippen molar-refractivity contribution in [1.29, 1.82) is 0 Å². The highest BCUT2D eigenvalue weighted by molar-refractivity contribution is 5.98. The van der Waals surface area contributed by atoms with Crippen LogP contribution in [0, 0.1) is 0 Å². The molecule has 0 saturated carbocycles. The van der Waals surface area contributed by atoms with Gasteiger partial charge in [0.2, 0.25) is 0 Å². The minimum atomic E-state index is -0.366. The van der Waals surface area contributed by atoms with Crippen molar-refractivity contribution in [3.8, 4) is 0 Å². The lowest BCUT2D eigenvalue weighted by molar-refractivity contribution is 0.100. The van der Waals surface area contributed by atoms with Gasteiger partial charge in [0.25, 0.3) is 5.91 Å². The zero-order valence-corrected chi connectivity index (χ0v) is 11.9. The summed E-state index contributed by atoms with van der Waals surface area (Å²) in [7, 11) is 0. The molecule has 0 aliphatic carbocycles. The number of hydrogen-bond donors (Lipinski definition) is 3. The molecule has 2 heterocycles. The molecule has 0 spiro atoms. The van der Waals surface area contributed by atoms with Gasteiger partial charge >= 0.3 is 0 Å². The van der Waals surface area contributed by atoms with E-state index in [-0.39, 0.29) is 5.91 Å². The maximum Gasteiger partial charge on any atom is 0.250 e. The molecule has 1 amide bonds. The van der Waals surface area contributed by atoms with Crippen LogP contribution in [0.15, 0.2) is 42.7 Å². The van der Waals surface area contributed by atoms with E-state index in [1.165, 1.54) is 5.56 Å². The highest BCUT2D eigenvalue weighted by Gasteiger charge is 2.24. The maximum atomic E-state index is 11.5. The van der Waals surface area contributed by atoms with Crippen LogP contribution in [0.1, 0.15) is 22.3 Å². The van der Waals surface area contributed by atoms with E-state index in [1.807, 2.05) is 30.6 Å². The molecule has 5 nitrogen and oxygen atoms in total. The van der Waals surface area contributed by atoms with Gasteiger partial charge in [-0.15, -0.1) is 0 Å². The van der Waals surface area contributed by atoms with Gasteiger partial charge in [-0.05, 0) is 30.2 Å². The molecule has 1 unspecified atom stereocenters. The third-order valence-corrected chi connectivity index (χ3v) is 3.96. The highest BCUT2D eigenvalue weighted by Crippen LogP contribution is 2.24. The number of nitrogens with two attached hydrogens (primary N) is 1. The molecule has 1 aliphatic heterocycles. The molecule has 0 bridgehead atoms. The SMILES string of the molecule is NC(=O)c1ccccc1N1CCC(NCc2cc[nH]c2)C1. The van der Waals surface area contributed by atoms with Crippen molar-refractivity contribution in [2.24, 2.45) is 5.73 Å². The van der Waals surface area contributed by atoms with Crippen molar-refractivity contribution in [3.63, 3.8) is 0 Å². The van der Waals surface area contributed by atoms with Crippen LogP contribution in [-0.2, 0) is 6.54 Å². The lowest BCUT2D eigenvalue weighted by Gasteiger charge is -2.21. The molecule has 1 aliphatic rings. The Morgan fingerprint density at radius 1 is 1.38 bits per heavy atom. The molecule has 5 heteroatoms. The number of rotatable bonds is 5. The third kappa shape index (κ3) is 3.08. The first-order valence-corrected chi connectivity index (χ1v) is 7.23. The van der Waals surface area contributed by atoms with Crippen LogP contribution in [0.2, 0.25) is 0 Å². The Bertz CT molecular complexity index is 608. The Balaban J connectivity index is 1.63. The Morgan fingerprint density at radius 2 is 2.24 bits per heavy atom. The van der Waals surface area contributed by atoms with Crippen LogP contribution in [0.5, 0.6) is 0 Å². The van der Waals surface area contributed by atoms with E-state index >= 15 is 0 Å². The monoisotopic (exact) mass is 284 g/mol. The maximum absolute atomic E-state index is 11.5. The molecule has 2 aromatic rings. The summed E-state index contributed by atoms with van der Waals surface area (Å²) in [5.74, 6) is -0.366. The van der Waals surface area contributed by atoms with Gasteiger partial charge in [-0.2, -0.15) is 0 Å². The van der Waals surface area contributed by atoms with Crippen molar-refractivity contribution in [2.45, 2.75) is 19.0 Å². The third-order valence-electron chi connectivity index (χ3n) is 3.96. The standard InChI is InChI=1S/C16H20N4O/c17-16(21)14-3-1-2-4-15(14)20-8-6-13(11-20)19-10-12-5-7-18-9-12/h1-5,7,9,13,18-19H,6,8,10-11H2,(H2,17,21). The fourth-order valence-corrected chi connectivity index (χ4v) is 2.83. The number of primary amides is 1. The average Bonchev–Trinajstić information content (AvgIpc) is 3.16. The zero-order chi connectivity index (χ0) is 14.7. The van der Waals surface area contributed by atoms with Gasteiger partial charge in [-0.1, -0.05) is 12.1 Å².